The summed E-state index contributed by atoms with van der Waals surface area (Å²) in [5.74, 6) is 0.250. The molecular weight excluding hydrogens is 360 g/mol. The van der Waals surface area contributed by atoms with E-state index in [0.29, 0.717) is 28.1 Å². The first kappa shape index (κ1) is 17.3. The smallest absolute Gasteiger partial charge is 0.280 e. The van der Waals surface area contributed by atoms with Crippen molar-refractivity contribution < 1.29 is 14.1 Å². The van der Waals surface area contributed by atoms with Gasteiger partial charge in [0.25, 0.3) is 11.6 Å². The normalized spacial score (nSPS) is 10.8. The van der Waals surface area contributed by atoms with Gasteiger partial charge in [-0.25, -0.2) is 0 Å². The number of hydrogen-bond donors (Lipinski definition) is 1. The zero-order chi connectivity index (χ0) is 19.7. The number of furan rings is 1. The van der Waals surface area contributed by atoms with Gasteiger partial charge >= 0.3 is 0 Å². The molecule has 8 nitrogen and oxygen atoms in total. The topological polar surface area (TPSA) is 111 Å². The molecule has 0 spiro atoms. The summed E-state index contributed by atoms with van der Waals surface area (Å²) >= 11 is 0. The van der Waals surface area contributed by atoms with Gasteiger partial charge in [-0.15, -0.1) is 0 Å². The highest BCUT2D eigenvalue weighted by atomic mass is 16.6. The average molecular weight is 374 g/mol. The van der Waals surface area contributed by atoms with Crippen molar-refractivity contribution in [2.24, 2.45) is 0 Å². The number of carbonyl (C=O) groups excluding carboxylic acids is 1. The Balaban J connectivity index is 1.64. The first-order valence-electron chi connectivity index (χ1n) is 8.39. The number of anilines is 1. The number of hydrogen-bond acceptors (Lipinski definition) is 6. The van der Waals surface area contributed by atoms with Gasteiger partial charge in [0.2, 0.25) is 0 Å². The van der Waals surface area contributed by atoms with Crippen LogP contribution < -0.4 is 5.32 Å². The van der Waals surface area contributed by atoms with Crippen LogP contribution in [0.3, 0.4) is 0 Å². The number of nitrogens with zero attached hydrogens (tertiary/aromatic N) is 3. The largest absolute Gasteiger partial charge is 0.460 e. The Kier molecular flexibility index (Phi) is 4.29. The van der Waals surface area contributed by atoms with E-state index in [2.05, 4.69) is 15.3 Å². The van der Waals surface area contributed by atoms with Gasteiger partial charge in [-0.1, -0.05) is 12.1 Å². The molecule has 0 radical (unpaired) electrons. The van der Waals surface area contributed by atoms with Gasteiger partial charge in [0.05, 0.1) is 27.1 Å². The van der Waals surface area contributed by atoms with E-state index in [1.807, 2.05) is 0 Å². The molecule has 2 heterocycles. The summed E-state index contributed by atoms with van der Waals surface area (Å²) in [7, 11) is 0. The van der Waals surface area contributed by atoms with Crippen LogP contribution in [-0.4, -0.2) is 20.8 Å². The number of aryl methyl sites for hydroxylation is 1. The number of fused-ring (bicyclic) bond motifs is 1. The Bertz CT molecular complexity index is 1220. The summed E-state index contributed by atoms with van der Waals surface area (Å²) in [6, 6.07) is 12.9. The minimum absolute atomic E-state index is 0.0867. The highest BCUT2D eigenvalue weighted by molar-refractivity contribution is 6.06. The SMILES string of the molecule is Cc1oc(-c2ccccc2[N+](=O)[O-])cc1C(=O)Nc1ccc2nccnc2c1. The average Bonchev–Trinajstić information content (AvgIpc) is 3.09. The Morgan fingerprint density at radius 2 is 1.82 bits per heavy atom. The van der Waals surface area contributed by atoms with E-state index in [4.69, 9.17) is 4.42 Å². The second kappa shape index (κ2) is 6.92. The molecule has 2 aromatic carbocycles. The lowest BCUT2D eigenvalue weighted by atomic mass is 10.1. The van der Waals surface area contributed by atoms with Gasteiger partial charge in [0.15, 0.2) is 0 Å². The maximum atomic E-state index is 12.7. The maximum Gasteiger partial charge on any atom is 0.280 e. The lowest BCUT2D eigenvalue weighted by Gasteiger charge is -2.05. The Labute approximate surface area is 159 Å². The fourth-order valence-electron chi connectivity index (χ4n) is 2.92. The highest BCUT2D eigenvalue weighted by Crippen LogP contribution is 2.32. The number of para-hydroxylation sites is 1. The zero-order valence-electron chi connectivity index (χ0n) is 14.7. The van der Waals surface area contributed by atoms with Gasteiger partial charge in [0, 0.05) is 24.1 Å². The van der Waals surface area contributed by atoms with Crippen molar-refractivity contribution in [3.8, 4) is 11.3 Å². The molecule has 0 unspecified atom stereocenters. The van der Waals surface area contributed by atoms with Crippen molar-refractivity contribution in [3.05, 3.63) is 82.4 Å². The summed E-state index contributed by atoms with van der Waals surface area (Å²) in [6.07, 6.45) is 3.17. The lowest BCUT2D eigenvalue weighted by molar-refractivity contribution is -0.384. The summed E-state index contributed by atoms with van der Waals surface area (Å²) in [4.78, 5) is 31.9. The van der Waals surface area contributed by atoms with E-state index in [-0.39, 0.29) is 17.4 Å². The molecule has 1 amide bonds. The number of nitro groups is 1. The second-order valence-electron chi connectivity index (χ2n) is 6.07. The predicted octanol–water partition coefficient (Wildman–Crippen LogP) is 4.36. The molecule has 2 aromatic heterocycles. The van der Waals surface area contributed by atoms with Gasteiger partial charge in [-0.3, -0.25) is 24.9 Å². The van der Waals surface area contributed by atoms with Crippen LogP contribution in [-0.2, 0) is 0 Å². The fourth-order valence-corrected chi connectivity index (χ4v) is 2.92. The summed E-state index contributed by atoms with van der Waals surface area (Å²) < 4.78 is 5.63. The minimum Gasteiger partial charge on any atom is -0.460 e. The van der Waals surface area contributed by atoms with Crippen molar-refractivity contribution in [3.63, 3.8) is 0 Å². The highest BCUT2D eigenvalue weighted by Gasteiger charge is 2.21. The van der Waals surface area contributed by atoms with Crippen LogP contribution in [0.5, 0.6) is 0 Å². The van der Waals surface area contributed by atoms with Crippen LogP contribution in [0.4, 0.5) is 11.4 Å². The van der Waals surface area contributed by atoms with Gasteiger partial charge in [-0.2, -0.15) is 0 Å². The van der Waals surface area contributed by atoms with E-state index in [0.717, 1.165) is 5.52 Å². The van der Waals surface area contributed by atoms with E-state index in [1.165, 1.54) is 12.1 Å². The van der Waals surface area contributed by atoms with Crippen LogP contribution in [0.25, 0.3) is 22.4 Å². The molecule has 1 N–H and O–H groups in total. The van der Waals surface area contributed by atoms with Crippen molar-refractivity contribution >= 4 is 28.3 Å². The zero-order valence-corrected chi connectivity index (χ0v) is 14.7. The molecule has 0 atom stereocenters. The number of nitro benzene ring substituents is 1. The molecule has 0 aliphatic heterocycles. The quantitative estimate of drug-likeness (QED) is 0.420. The second-order valence-corrected chi connectivity index (χ2v) is 6.07. The summed E-state index contributed by atoms with van der Waals surface area (Å²) in [5.41, 5.74) is 2.47. The molecule has 138 valence electrons. The summed E-state index contributed by atoms with van der Waals surface area (Å²) in [5, 5.41) is 14.0. The number of amides is 1. The van der Waals surface area contributed by atoms with E-state index in [1.54, 1.807) is 55.7 Å². The molecule has 0 bridgehead atoms. The van der Waals surface area contributed by atoms with Crippen molar-refractivity contribution in [1.29, 1.82) is 0 Å². The number of benzene rings is 2. The number of carbonyl (C=O) groups is 1. The minimum atomic E-state index is -0.483. The fraction of sp³-hybridized carbons (Fsp3) is 0.0500. The third-order valence-corrected chi connectivity index (χ3v) is 4.26. The van der Waals surface area contributed by atoms with Crippen molar-refractivity contribution in [2.75, 3.05) is 5.32 Å². The molecule has 4 rings (SSSR count). The van der Waals surface area contributed by atoms with Crippen LogP contribution in [0, 0.1) is 17.0 Å². The monoisotopic (exact) mass is 374 g/mol. The first-order chi connectivity index (χ1) is 13.5. The van der Waals surface area contributed by atoms with Crippen molar-refractivity contribution in [2.45, 2.75) is 6.92 Å². The van der Waals surface area contributed by atoms with E-state index in [9.17, 15) is 14.9 Å². The molecule has 28 heavy (non-hydrogen) atoms. The Morgan fingerprint density at radius 1 is 1.07 bits per heavy atom. The number of rotatable bonds is 4. The van der Waals surface area contributed by atoms with Crippen LogP contribution in [0.2, 0.25) is 0 Å². The molecule has 0 aliphatic carbocycles. The Hall–Kier alpha value is -4.07. The molecule has 8 heteroatoms. The van der Waals surface area contributed by atoms with Crippen LogP contribution in [0.1, 0.15) is 16.1 Å². The van der Waals surface area contributed by atoms with E-state index < -0.39 is 4.92 Å². The molecule has 0 fully saturated rings. The third-order valence-electron chi connectivity index (χ3n) is 4.26. The third kappa shape index (κ3) is 3.18. The van der Waals surface area contributed by atoms with Crippen molar-refractivity contribution in [1.82, 2.24) is 9.97 Å². The molecule has 0 saturated carbocycles. The maximum absolute atomic E-state index is 12.7. The molecule has 0 aliphatic rings. The summed E-state index contributed by atoms with van der Waals surface area (Å²) in [6.45, 7) is 1.64. The van der Waals surface area contributed by atoms with Gasteiger partial charge < -0.3 is 9.73 Å². The molecule has 4 aromatic rings. The van der Waals surface area contributed by atoms with Crippen LogP contribution in [0.15, 0.2) is 65.3 Å². The van der Waals surface area contributed by atoms with Crippen LogP contribution >= 0.6 is 0 Å². The number of aromatic nitrogens is 2. The van der Waals surface area contributed by atoms with Gasteiger partial charge in [-0.05, 0) is 37.3 Å². The first-order valence-corrected chi connectivity index (χ1v) is 8.39. The lowest BCUT2D eigenvalue weighted by Crippen LogP contribution is -2.12. The molecule has 0 saturated heterocycles. The molecular formula is C20H14N4O4. The van der Waals surface area contributed by atoms with Gasteiger partial charge in [0.1, 0.15) is 11.5 Å². The standard InChI is InChI=1S/C20H14N4O4/c1-12-15(11-19(28-12)14-4-2-3-5-18(14)24(26)27)20(25)23-13-6-7-16-17(10-13)22-9-8-21-16/h2-11H,1H3,(H,23,25). The predicted molar refractivity (Wildman–Crippen MR) is 103 cm³/mol. The van der Waals surface area contributed by atoms with E-state index >= 15 is 0 Å². The number of nitrogens with one attached hydrogen (secondary N) is 1. The Morgan fingerprint density at radius 3 is 2.61 bits per heavy atom.